The second kappa shape index (κ2) is 5.01. The largest absolute Gasteiger partial charge is 0.480 e. The van der Waals surface area contributed by atoms with Crippen LogP contribution >= 0.6 is 0 Å². The van der Waals surface area contributed by atoms with E-state index in [0.717, 1.165) is 12.8 Å². The molecule has 1 amide bonds. The molecule has 0 saturated heterocycles. The van der Waals surface area contributed by atoms with Gasteiger partial charge in [-0.1, -0.05) is 6.07 Å². The van der Waals surface area contributed by atoms with Crippen molar-refractivity contribution in [1.29, 1.82) is 0 Å². The Balaban J connectivity index is 2.02. The van der Waals surface area contributed by atoms with Gasteiger partial charge in [0.05, 0.1) is 0 Å². The van der Waals surface area contributed by atoms with E-state index in [1.54, 1.807) is 18.2 Å². The minimum Gasteiger partial charge on any atom is -0.480 e. The van der Waals surface area contributed by atoms with Crippen LogP contribution in [-0.2, 0) is 4.79 Å². The SMILES string of the molecule is O=C(O)CN(C(=O)c1cnc2ccccn2c1=O)C1CC1. The molecule has 21 heavy (non-hydrogen) atoms. The summed E-state index contributed by atoms with van der Waals surface area (Å²) in [5.41, 5.74) is -0.149. The van der Waals surface area contributed by atoms with Gasteiger partial charge in [-0.3, -0.25) is 18.8 Å². The highest BCUT2D eigenvalue weighted by Crippen LogP contribution is 2.27. The second-order valence-corrected chi connectivity index (χ2v) is 4.96. The fraction of sp³-hybridized carbons (Fsp3) is 0.286. The number of hydrogen-bond acceptors (Lipinski definition) is 4. The van der Waals surface area contributed by atoms with Crippen LogP contribution in [0.1, 0.15) is 23.2 Å². The second-order valence-electron chi connectivity index (χ2n) is 4.96. The molecule has 7 nitrogen and oxygen atoms in total. The van der Waals surface area contributed by atoms with Gasteiger partial charge in [-0.2, -0.15) is 0 Å². The third-order valence-electron chi connectivity index (χ3n) is 3.40. The Morgan fingerprint density at radius 3 is 2.81 bits per heavy atom. The lowest BCUT2D eigenvalue weighted by Crippen LogP contribution is -2.40. The standard InChI is InChI=1S/C14H13N3O4/c18-12(19)8-17(9-4-5-9)14(21)10-7-15-11-3-1-2-6-16(11)13(10)20/h1-3,6-7,9H,4-5,8H2,(H,18,19). The van der Waals surface area contributed by atoms with E-state index in [0.29, 0.717) is 5.65 Å². The van der Waals surface area contributed by atoms with Crippen molar-refractivity contribution in [3.63, 3.8) is 0 Å². The van der Waals surface area contributed by atoms with Crippen LogP contribution in [0.2, 0.25) is 0 Å². The number of carboxylic acid groups (broad SMARTS) is 1. The molecule has 0 atom stereocenters. The Kier molecular flexibility index (Phi) is 3.17. The lowest BCUT2D eigenvalue weighted by molar-refractivity contribution is -0.137. The zero-order chi connectivity index (χ0) is 15.0. The number of carbonyl (C=O) groups is 2. The number of aromatic nitrogens is 2. The van der Waals surface area contributed by atoms with Crippen molar-refractivity contribution in [2.45, 2.75) is 18.9 Å². The number of carbonyl (C=O) groups excluding carboxylic acids is 1. The molecule has 1 fully saturated rings. The van der Waals surface area contributed by atoms with Gasteiger partial charge in [0, 0.05) is 18.4 Å². The Labute approximate surface area is 119 Å². The predicted molar refractivity (Wildman–Crippen MR) is 73.2 cm³/mol. The van der Waals surface area contributed by atoms with E-state index in [2.05, 4.69) is 4.98 Å². The van der Waals surface area contributed by atoms with E-state index in [9.17, 15) is 14.4 Å². The van der Waals surface area contributed by atoms with Crippen molar-refractivity contribution in [1.82, 2.24) is 14.3 Å². The quantitative estimate of drug-likeness (QED) is 0.878. The first-order valence-corrected chi connectivity index (χ1v) is 6.57. The lowest BCUT2D eigenvalue weighted by Gasteiger charge is -2.19. The summed E-state index contributed by atoms with van der Waals surface area (Å²) in [7, 11) is 0. The highest BCUT2D eigenvalue weighted by Gasteiger charge is 2.35. The molecular formula is C14H13N3O4. The van der Waals surface area contributed by atoms with Crippen molar-refractivity contribution in [2.24, 2.45) is 0 Å². The van der Waals surface area contributed by atoms with Gasteiger partial charge in [0.25, 0.3) is 11.5 Å². The fourth-order valence-corrected chi connectivity index (χ4v) is 2.23. The number of rotatable bonds is 4. The smallest absolute Gasteiger partial charge is 0.323 e. The van der Waals surface area contributed by atoms with Crippen molar-refractivity contribution in [3.8, 4) is 0 Å². The molecule has 1 aliphatic carbocycles. The van der Waals surface area contributed by atoms with Crippen molar-refractivity contribution < 1.29 is 14.7 Å². The molecule has 2 aromatic rings. The maximum Gasteiger partial charge on any atom is 0.323 e. The molecule has 0 spiro atoms. The Morgan fingerprint density at radius 1 is 1.38 bits per heavy atom. The van der Waals surface area contributed by atoms with Crippen LogP contribution < -0.4 is 5.56 Å². The van der Waals surface area contributed by atoms with Crippen LogP contribution in [-0.4, -0.2) is 43.9 Å². The van der Waals surface area contributed by atoms with E-state index in [-0.39, 0.29) is 11.6 Å². The zero-order valence-electron chi connectivity index (χ0n) is 11.1. The molecule has 7 heteroatoms. The molecule has 108 valence electrons. The van der Waals surface area contributed by atoms with Gasteiger partial charge in [0.2, 0.25) is 0 Å². The summed E-state index contributed by atoms with van der Waals surface area (Å²) in [5, 5.41) is 8.90. The molecule has 0 radical (unpaired) electrons. The van der Waals surface area contributed by atoms with Gasteiger partial charge >= 0.3 is 5.97 Å². The van der Waals surface area contributed by atoms with Gasteiger partial charge in [-0.25, -0.2) is 4.98 Å². The summed E-state index contributed by atoms with van der Waals surface area (Å²) in [6.07, 6.45) is 4.28. The summed E-state index contributed by atoms with van der Waals surface area (Å²) in [6.45, 7) is -0.402. The number of carboxylic acids is 1. The number of pyridine rings is 1. The summed E-state index contributed by atoms with van der Waals surface area (Å²) < 4.78 is 1.28. The van der Waals surface area contributed by atoms with Crippen LogP contribution in [0.15, 0.2) is 35.4 Å². The minimum absolute atomic E-state index is 0.0931. The van der Waals surface area contributed by atoms with Gasteiger partial charge < -0.3 is 10.0 Å². The third-order valence-corrected chi connectivity index (χ3v) is 3.40. The zero-order valence-corrected chi connectivity index (χ0v) is 11.1. The first kappa shape index (κ1) is 13.3. The lowest BCUT2D eigenvalue weighted by atomic mass is 10.2. The molecular weight excluding hydrogens is 274 g/mol. The number of aliphatic carboxylic acids is 1. The highest BCUT2D eigenvalue weighted by atomic mass is 16.4. The molecule has 1 N–H and O–H groups in total. The maximum atomic E-state index is 12.4. The Hall–Kier alpha value is -2.70. The Bertz CT molecular complexity index is 779. The van der Waals surface area contributed by atoms with E-state index < -0.39 is 24.0 Å². The van der Waals surface area contributed by atoms with Gasteiger partial charge in [0.1, 0.15) is 17.8 Å². The van der Waals surface area contributed by atoms with Crippen molar-refractivity contribution >= 4 is 17.5 Å². The van der Waals surface area contributed by atoms with Crippen molar-refractivity contribution in [2.75, 3.05) is 6.54 Å². The maximum absolute atomic E-state index is 12.4. The topological polar surface area (TPSA) is 92.0 Å². The number of fused-ring (bicyclic) bond motifs is 1. The first-order valence-electron chi connectivity index (χ1n) is 6.57. The normalized spacial score (nSPS) is 14.1. The summed E-state index contributed by atoms with van der Waals surface area (Å²) in [5.74, 6) is -1.67. The predicted octanol–water partition coefficient (Wildman–Crippen LogP) is 0.384. The minimum atomic E-state index is -1.09. The molecule has 2 aromatic heterocycles. The molecule has 3 rings (SSSR count). The highest BCUT2D eigenvalue weighted by molar-refractivity contribution is 5.95. The van der Waals surface area contributed by atoms with Crippen LogP contribution in [0.5, 0.6) is 0 Å². The third kappa shape index (κ3) is 2.49. The van der Waals surface area contributed by atoms with E-state index in [4.69, 9.17) is 5.11 Å². The number of nitrogens with zero attached hydrogens (tertiary/aromatic N) is 3. The van der Waals surface area contributed by atoms with E-state index >= 15 is 0 Å². The molecule has 0 bridgehead atoms. The molecule has 0 aliphatic heterocycles. The van der Waals surface area contributed by atoms with E-state index in [1.807, 2.05) is 0 Å². The summed E-state index contributed by atoms with van der Waals surface area (Å²) in [6, 6.07) is 4.97. The summed E-state index contributed by atoms with van der Waals surface area (Å²) >= 11 is 0. The Morgan fingerprint density at radius 2 is 2.14 bits per heavy atom. The van der Waals surface area contributed by atoms with Gasteiger partial charge in [0.15, 0.2) is 0 Å². The number of amides is 1. The van der Waals surface area contributed by atoms with Crippen LogP contribution in [0, 0.1) is 0 Å². The number of hydrogen-bond donors (Lipinski definition) is 1. The van der Waals surface area contributed by atoms with Crippen LogP contribution in [0.3, 0.4) is 0 Å². The summed E-state index contributed by atoms with van der Waals surface area (Å²) in [4.78, 5) is 41.0. The van der Waals surface area contributed by atoms with Gasteiger partial charge in [-0.05, 0) is 25.0 Å². The first-order chi connectivity index (χ1) is 10.1. The average Bonchev–Trinajstić information content (AvgIpc) is 3.29. The molecule has 1 saturated carbocycles. The molecule has 0 unspecified atom stereocenters. The van der Waals surface area contributed by atoms with Crippen LogP contribution in [0.4, 0.5) is 0 Å². The average molecular weight is 287 g/mol. The fourth-order valence-electron chi connectivity index (χ4n) is 2.23. The van der Waals surface area contributed by atoms with Gasteiger partial charge in [-0.15, -0.1) is 0 Å². The van der Waals surface area contributed by atoms with Crippen LogP contribution in [0.25, 0.3) is 5.65 Å². The monoisotopic (exact) mass is 287 g/mol. The molecule has 1 aliphatic rings. The van der Waals surface area contributed by atoms with E-state index in [1.165, 1.54) is 21.7 Å². The molecule has 2 heterocycles. The van der Waals surface area contributed by atoms with Crippen molar-refractivity contribution in [3.05, 3.63) is 46.5 Å². The molecule has 0 aromatic carbocycles.